The molecule has 0 aromatic rings. The monoisotopic (exact) mass is 437 g/mol. The number of carbonyl (C=O) groups is 1. The zero-order chi connectivity index (χ0) is 16.2. The third-order valence-corrected chi connectivity index (χ3v) is 3.72. The molecule has 1 aliphatic rings. The van der Waals surface area contributed by atoms with Gasteiger partial charge in [0.05, 0.1) is 6.54 Å². The van der Waals surface area contributed by atoms with Crippen molar-refractivity contribution in [2.45, 2.75) is 39.2 Å². The number of rotatable bonds is 7. The summed E-state index contributed by atoms with van der Waals surface area (Å²) in [6.45, 7) is 8.17. The third-order valence-electron chi connectivity index (χ3n) is 3.72. The summed E-state index contributed by atoms with van der Waals surface area (Å²) < 4.78 is 0. The van der Waals surface area contributed by atoms with E-state index >= 15 is 0 Å². The Morgan fingerprint density at radius 3 is 2.61 bits per heavy atom. The van der Waals surface area contributed by atoms with Gasteiger partial charge in [-0.05, 0) is 33.1 Å². The van der Waals surface area contributed by atoms with E-state index < -0.39 is 0 Å². The minimum Gasteiger partial charge on any atom is -0.358 e. The summed E-state index contributed by atoms with van der Waals surface area (Å²) in [6, 6.07) is 0.431. The molecule has 0 radical (unpaired) electrons. The summed E-state index contributed by atoms with van der Waals surface area (Å²) in [4.78, 5) is 18.2. The van der Waals surface area contributed by atoms with Gasteiger partial charge in [-0.3, -0.25) is 14.7 Å². The Morgan fingerprint density at radius 1 is 1.35 bits per heavy atom. The molecule has 6 nitrogen and oxygen atoms in total. The largest absolute Gasteiger partial charge is 0.358 e. The summed E-state index contributed by atoms with van der Waals surface area (Å²) in [5.41, 5.74) is 0. The van der Waals surface area contributed by atoms with Crippen molar-refractivity contribution < 1.29 is 4.79 Å². The van der Waals surface area contributed by atoms with Crippen LogP contribution in [0, 0.1) is 0 Å². The molecular formula is C16H32IN5O. The molecule has 134 valence electrons. The Kier molecular flexibility index (Phi) is 13.1. The van der Waals surface area contributed by atoms with Crippen LogP contribution in [-0.4, -0.2) is 62.6 Å². The van der Waals surface area contributed by atoms with Crippen LogP contribution in [-0.2, 0) is 4.79 Å². The first-order chi connectivity index (χ1) is 10.7. The average Bonchev–Trinajstić information content (AvgIpc) is 2.53. The van der Waals surface area contributed by atoms with Gasteiger partial charge in [0.15, 0.2) is 5.96 Å². The van der Waals surface area contributed by atoms with Crippen LogP contribution in [0.2, 0.25) is 0 Å². The Bertz CT molecular complexity index is 379. The van der Waals surface area contributed by atoms with E-state index in [9.17, 15) is 4.79 Å². The molecule has 0 saturated carbocycles. The van der Waals surface area contributed by atoms with E-state index in [1.807, 2.05) is 6.92 Å². The summed E-state index contributed by atoms with van der Waals surface area (Å²) in [7, 11) is 1.68. The van der Waals surface area contributed by atoms with Crippen molar-refractivity contribution in [3.05, 3.63) is 12.2 Å². The summed E-state index contributed by atoms with van der Waals surface area (Å²) in [5, 5.41) is 9.48. The van der Waals surface area contributed by atoms with Crippen molar-refractivity contribution in [3.8, 4) is 0 Å². The Balaban J connectivity index is 0.00000484. The van der Waals surface area contributed by atoms with Gasteiger partial charge in [0, 0.05) is 39.3 Å². The second-order valence-corrected chi connectivity index (χ2v) is 5.49. The molecular weight excluding hydrogens is 405 g/mol. The maximum atomic E-state index is 11.4. The van der Waals surface area contributed by atoms with Crippen LogP contribution in [0.15, 0.2) is 17.1 Å². The number of halogens is 1. The number of guanidine groups is 1. The standard InChI is InChI=1S/C16H31N5O.HI/c1-4-6-7-10-19-16(18-5-2)20-14-8-11-21(12-9-14)13-15(22)17-3;/h4,6,14H,5,7-13H2,1-3H3,(H,17,22)(H2,18,19,20);1H/b6-4+;. The van der Waals surface area contributed by atoms with Crippen LogP contribution in [0.1, 0.15) is 33.1 Å². The van der Waals surface area contributed by atoms with E-state index in [2.05, 4.69) is 44.9 Å². The van der Waals surface area contributed by atoms with Crippen LogP contribution in [0.5, 0.6) is 0 Å². The lowest BCUT2D eigenvalue weighted by molar-refractivity contribution is -0.122. The molecule has 1 aliphatic heterocycles. The molecule has 0 atom stereocenters. The molecule has 1 amide bonds. The molecule has 0 aromatic carbocycles. The zero-order valence-electron chi connectivity index (χ0n) is 14.6. The smallest absolute Gasteiger partial charge is 0.233 e. The summed E-state index contributed by atoms with van der Waals surface area (Å²) in [6.07, 6.45) is 7.23. The van der Waals surface area contributed by atoms with Gasteiger partial charge in [-0.1, -0.05) is 12.2 Å². The maximum absolute atomic E-state index is 11.4. The molecule has 0 aromatic heterocycles. The fraction of sp³-hybridized carbons (Fsp3) is 0.750. The third kappa shape index (κ3) is 9.80. The predicted molar refractivity (Wildman–Crippen MR) is 107 cm³/mol. The number of amides is 1. The van der Waals surface area contributed by atoms with Crippen molar-refractivity contribution in [1.82, 2.24) is 20.9 Å². The number of likely N-dealkylation sites (tertiary alicyclic amines) is 1. The Hall–Kier alpha value is -0.830. The molecule has 7 heteroatoms. The predicted octanol–water partition coefficient (Wildman–Crippen LogP) is 1.34. The topological polar surface area (TPSA) is 68.8 Å². The SMILES string of the molecule is C/C=C/CCN=C(NCC)NC1CCN(CC(=O)NC)CC1.I. The van der Waals surface area contributed by atoms with E-state index in [-0.39, 0.29) is 29.9 Å². The normalized spacial score (nSPS) is 16.9. The fourth-order valence-corrected chi connectivity index (χ4v) is 2.45. The van der Waals surface area contributed by atoms with Crippen molar-refractivity contribution in [3.63, 3.8) is 0 Å². The Morgan fingerprint density at radius 2 is 2.04 bits per heavy atom. The number of aliphatic imine (C=N–C) groups is 1. The van der Waals surface area contributed by atoms with Crippen molar-refractivity contribution in [1.29, 1.82) is 0 Å². The lowest BCUT2D eigenvalue weighted by atomic mass is 10.1. The Labute approximate surface area is 157 Å². The average molecular weight is 437 g/mol. The van der Waals surface area contributed by atoms with Gasteiger partial charge in [-0.25, -0.2) is 0 Å². The van der Waals surface area contributed by atoms with Gasteiger partial charge in [0.2, 0.25) is 5.91 Å². The van der Waals surface area contributed by atoms with Gasteiger partial charge >= 0.3 is 0 Å². The number of nitrogens with zero attached hydrogens (tertiary/aromatic N) is 2. The number of piperidine rings is 1. The maximum Gasteiger partial charge on any atom is 0.233 e. The van der Waals surface area contributed by atoms with Crippen LogP contribution >= 0.6 is 24.0 Å². The molecule has 0 bridgehead atoms. The first-order valence-electron chi connectivity index (χ1n) is 8.28. The number of carbonyl (C=O) groups excluding carboxylic acids is 1. The lowest BCUT2D eigenvalue weighted by Gasteiger charge is -2.32. The minimum atomic E-state index is 0. The van der Waals surface area contributed by atoms with Gasteiger partial charge in [-0.15, -0.1) is 24.0 Å². The molecule has 0 aliphatic carbocycles. The molecule has 1 rings (SSSR count). The molecule has 1 fully saturated rings. The van der Waals surface area contributed by atoms with Crippen LogP contribution in [0.4, 0.5) is 0 Å². The number of nitrogens with one attached hydrogen (secondary N) is 3. The number of likely N-dealkylation sites (N-methyl/N-ethyl adjacent to an activating group) is 1. The summed E-state index contributed by atoms with van der Waals surface area (Å²) >= 11 is 0. The van der Waals surface area contributed by atoms with Gasteiger partial charge in [-0.2, -0.15) is 0 Å². The molecule has 3 N–H and O–H groups in total. The number of hydrogen-bond donors (Lipinski definition) is 3. The van der Waals surface area contributed by atoms with Gasteiger partial charge in [0.1, 0.15) is 0 Å². The van der Waals surface area contributed by atoms with Crippen LogP contribution in [0.3, 0.4) is 0 Å². The summed E-state index contributed by atoms with van der Waals surface area (Å²) in [5.74, 6) is 0.988. The fourth-order valence-electron chi connectivity index (χ4n) is 2.45. The van der Waals surface area contributed by atoms with E-state index in [4.69, 9.17) is 0 Å². The molecule has 0 unspecified atom stereocenters. The van der Waals surface area contributed by atoms with Crippen molar-refractivity contribution >= 4 is 35.8 Å². The second-order valence-electron chi connectivity index (χ2n) is 5.49. The minimum absolute atomic E-state index is 0. The van der Waals surface area contributed by atoms with Crippen molar-refractivity contribution in [2.24, 2.45) is 4.99 Å². The molecule has 23 heavy (non-hydrogen) atoms. The first-order valence-corrected chi connectivity index (χ1v) is 8.28. The lowest BCUT2D eigenvalue weighted by Crippen LogP contribution is -2.50. The highest BCUT2D eigenvalue weighted by molar-refractivity contribution is 14.0. The number of allylic oxidation sites excluding steroid dienone is 1. The highest BCUT2D eigenvalue weighted by Gasteiger charge is 2.21. The van der Waals surface area contributed by atoms with E-state index in [1.165, 1.54) is 0 Å². The van der Waals surface area contributed by atoms with E-state index in [1.54, 1.807) is 7.05 Å². The van der Waals surface area contributed by atoms with E-state index in [0.717, 1.165) is 51.4 Å². The quantitative estimate of drug-likeness (QED) is 0.185. The molecule has 0 spiro atoms. The molecule has 1 saturated heterocycles. The highest BCUT2D eigenvalue weighted by Crippen LogP contribution is 2.09. The van der Waals surface area contributed by atoms with Gasteiger partial charge in [0.25, 0.3) is 0 Å². The van der Waals surface area contributed by atoms with Crippen molar-refractivity contribution in [2.75, 3.05) is 39.8 Å². The van der Waals surface area contributed by atoms with Crippen LogP contribution < -0.4 is 16.0 Å². The highest BCUT2D eigenvalue weighted by atomic mass is 127. The number of hydrogen-bond acceptors (Lipinski definition) is 3. The second kappa shape index (κ2) is 13.6. The van der Waals surface area contributed by atoms with Crippen LogP contribution in [0.25, 0.3) is 0 Å². The molecule has 1 heterocycles. The van der Waals surface area contributed by atoms with E-state index in [0.29, 0.717) is 12.6 Å². The zero-order valence-corrected chi connectivity index (χ0v) is 16.9. The van der Waals surface area contributed by atoms with Gasteiger partial charge < -0.3 is 16.0 Å². The first kappa shape index (κ1) is 22.2.